The van der Waals surface area contributed by atoms with Crippen molar-refractivity contribution in [3.05, 3.63) is 29.8 Å². The van der Waals surface area contributed by atoms with Gasteiger partial charge in [0.25, 0.3) is 0 Å². The first-order chi connectivity index (χ1) is 12.1. The Morgan fingerprint density at radius 1 is 1.28 bits per heavy atom. The molecule has 2 amide bonds. The van der Waals surface area contributed by atoms with Gasteiger partial charge in [-0.2, -0.15) is 0 Å². The highest BCUT2D eigenvalue weighted by Gasteiger charge is 2.35. The number of carbonyl (C=O) groups excluding carboxylic acids is 2. The lowest BCUT2D eigenvalue weighted by Crippen LogP contribution is -2.32. The molecule has 0 atom stereocenters. The fourth-order valence-electron chi connectivity index (χ4n) is 2.29. The molecule has 1 aromatic carbocycles. The van der Waals surface area contributed by atoms with E-state index in [0.29, 0.717) is 15.9 Å². The van der Waals surface area contributed by atoms with Gasteiger partial charge in [-0.05, 0) is 31.9 Å². The van der Waals surface area contributed by atoms with Crippen molar-refractivity contribution in [1.29, 1.82) is 0 Å². The third kappa shape index (κ3) is 4.79. The minimum Gasteiger partial charge on any atom is -0.325 e. The summed E-state index contributed by atoms with van der Waals surface area (Å²) in [6, 6.07) is 7.94. The zero-order chi connectivity index (χ0) is 17.8. The van der Waals surface area contributed by atoms with Crippen LogP contribution in [0.15, 0.2) is 28.6 Å². The van der Waals surface area contributed by atoms with Crippen LogP contribution in [-0.2, 0) is 9.59 Å². The molecule has 3 rings (SSSR count). The zero-order valence-electron chi connectivity index (χ0n) is 14.2. The summed E-state index contributed by atoms with van der Waals surface area (Å²) in [5.41, 5.74) is 1.93. The smallest absolute Gasteiger partial charge is 0.234 e. The predicted molar refractivity (Wildman–Crippen MR) is 101 cm³/mol. The summed E-state index contributed by atoms with van der Waals surface area (Å²) in [5, 5.41) is 11.7. The maximum atomic E-state index is 12.1. The van der Waals surface area contributed by atoms with Crippen LogP contribution in [0, 0.1) is 6.92 Å². The standard InChI is InChI=1S/C17H20N4O2S2/c1-3-15(23)21(13-8-9-13)16-19-20-17(25-16)24-10-14(22)18-12-6-4-11(2)5-7-12/h4-7,13H,3,8-10H2,1-2H3,(H,18,22). The van der Waals surface area contributed by atoms with E-state index in [1.54, 1.807) is 4.90 Å². The molecule has 8 heteroatoms. The molecule has 2 aromatic rings. The van der Waals surface area contributed by atoms with E-state index in [1.165, 1.54) is 23.1 Å². The molecule has 0 unspecified atom stereocenters. The van der Waals surface area contributed by atoms with Crippen molar-refractivity contribution < 1.29 is 9.59 Å². The fourth-order valence-corrected chi connectivity index (χ4v) is 4.02. The monoisotopic (exact) mass is 376 g/mol. The molecule has 1 aromatic heterocycles. The number of carbonyl (C=O) groups is 2. The number of hydrogen-bond acceptors (Lipinski definition) is 6. The van der Waals surface area contributed by atoms with Crippen LogP contribution in [0.25, 0.3) is 0 Å². The second-order valence-corrected chi connectivity index (χ2v) is 8.08. The van der Waals surface area contributed by atoms with Gasteiger partial charge in [0.2, 0.25) is 16.9 Å². The van der Waals surface area contributed by atoms with Crippen LogP contribution < -0.4 is 10.2 Å². The maximum absolute atomic E-state index is 12.1. The Morgan fingerprint density at radius 2 is 2.00 bits per heavy atom. The summed E-state index contributed by atoms with van der Waals surface area (Å²) >= 11 is 2.70. The van der Waals surface area contributed by atoms with Gasteiger partial charge in [-0.3, -0.25) is 14.5 Å². The number of rotatable bonds is 7. The average Bonchev–Trinajstić information content (AvgIpc) is 3.33. The first-order valence-electron chi connectivity index (χ1n) is 8.21. The first-order valence-corrected chi connectivity index (χ1v) is 10.0. The van der Waals surface area contributed by atoms with Crippen LogP contribution in [-0.4, -0.2) is 33.8 Å². The van der Waals surface area contributed by atoms with Gasteiger partial charge in [0.05, 0.1) is 5.75 Å². The van der Waals surface area contributed by atoms with Crippen LogP contribution in [0.2, 0.25) is 0 Å². The maximum Gasteiger partial charge on any atom is 0.234 e. The number of benzene rings is 1. The van der Waals surface area contributed by atoms with Crippen molar-refractivity contribution in [2.75, 3.05) is 16.0 Å². The molecule has 1 heterocycles. The number of aryl methyl sites for hydroxylation is 1. The topological polar surface area (TPSA) is 75.2 Å². The van der Waals surface area contributed by atoms with Gasteiger partial charge < -0.3 is 5.32 Å². The van der Waals surface area contributed by atoms with E-state index in [4.69, 9.17) is 0 Å². The van der Waals surface area contributed by atoms with E-state index in [0.717, 1.165) is 24.1 Å². The number of amides is 2. The average molecular weight is 377 g/mol. The molecule has 1 N–H and O–H groups in total. The Hall–Kier alpha value is -1.93. The molecule has 0 radical (unpaired) electrons. The molecular weight excluding hydrogens is 356 g/mol. The van der Waals surface area contributed by atoms with Crippen molar-refractivity contribution >= 4 is 45.7 Å². The van der Waals surface area contributed by atoms with Gasteiger partial charge in [-0.25, -0.2) is 0 Å². The van der Waals surface area contributed by atoms with Crippen molar-refractivity contribution in [3.63, 3.8) is 0 Å². The molecule has 1 aliphatic rings. The number of aromatic nitrogens is 2. The zero-order valence-corrected chi connectivity index (χ0v) is 15.8. The summed E-state index contributed by atoms with van der Waals surface area (Å²) in [6.07, 6.45) is 2.50. The lowest BCUT2D eigenvalue weighted by molar-refractivity contribution is -0.118. The van der Waals surface area contributed by atoms with Crippen molar-refractivity contribution in [3.8, 4) is 0 Å². The summed E-state index contributed by atoms with van der Waals surface area (Å²) < 4.78 is 0.698. The molecule has 1 fully saturated rings. The second-order valence-electron chi connectivity index (χ2n) is 5.90. The van der Waals surface area contributed by atoms with Crippen LogP contribution >= 0.6 is 23.1 Å². The number of hydrogen-bond donors (Lipinski definition) is 1. The molecule has 25 heavy (non-hydrogen) atoms. The van der Waals surface area contributed by atoms with Gasteiger partial charge in [-0.1, -0.05) is 47.7 Å². The van der Waals surface area contributed by atoms with Gasteiger partial charge in [-0.15, -0.1) is 10.2 Å². The molecule has 0 aliphatic heterocycles. The number of anilines is 2. The molecule has 0 saturated heterocycles. The molecule has 0 spiro atoms. The quantitative estimate of drug-likeness (QED) is 0.591. The Balaban J connectivity index is 1.55. The van der Waals surface area contributed by atoms with E-state index < -0.39 is 0 Å². The highest BCUT2D eigenvalue weighted by molar-refractivity contribution is 8.01. The molecule has 1 saturated carbocycles. The first kappa shape index (κ1) is 17.9. The Bertz CT molecular complexity index is 756. The van der Waals surface area contributed by atoms with E-state index >= 15 is 0 Å². The minimum atomic E-state index is -0.0886. The van der Waals surface area contributed by atoms with Crippen molar-refractivity contribution in [1.82, 2.24) is 10.2 Å². The van der Waals surface area contributed by atoms with Gasteiger partial charge in [0, 0.05) is 18.2 Å². The van der Waals surface area contributed by atoms with Crippen LogP contribution in [0.1, 0.15) is 31.7 Å². The van der Waals surface area contributed by atoms with Crippen LogP contribution in [0.5, 0.6) is 0 Å². The highest BCUT2D eigenvalue weighted by atomic mass is 32.2. The van der Waals surface area contributed by atoms with Gasteiger partial charge in [0.15, 0.2) is 4.34 Å². The third-order valence-corrected chi connectivity index (χ3v) is 5.80. The third-order valence-electron chi connectivity index (χ3n) is 3.75. The van der Waals surface area contributed by atoms with Gasteiger partial charge >= 0.3 is 0 Å². The summed E-state index contributed by atoms with van der Waals surface area (Å²) in [7, 11) is 0. The predicted octanol–water partition coefficient (Wildman–Crippen LogP) is 3.48. The van der Waals surface area contributed by atoms with Crippen molar-refractivity contribution in [2.45, 2.75) is 43.5 Å². The van der Waals surface area contributed by atoms with Gasteiger partial charge in [0.1, 0.15) is 0 Å². The lowest BCUT2D eigenvalue weighted by Gasteiger charge is -2.17. The van der Waals surface area contributed by atoms with E-state index in [-0.39, 0.29) is 23.6 Å². The van der Waals surface area contributed by atoms with E-state index in [2.05, 4.69) is 15.5 Å². The second kappa shape index (κ2) is 7.97. The molecule has 6 nitrogen and oxygen atoms in total. The number of thioether (sulfide) groups is 1. The normalized spacial score (nSPS) is 13.5. The Labute approximate surface area is 155 Å². The van der Waals surface area contributed by atoms with Crippen LogP contribution in [0.3, 0.4) is 0 Å². The fraction of sp³-hybridized carbons (Fsp3) is 0.412. The molecular formula is C17H20N4O2S2. The van der Waals surface area contributed by atoms with E-state index in [9.17, 15) is 9.59 Å². The SMILES string of the molecule is CCC(=O)N(c1nnc(SCC(=O)Nc2ccc(C)cc2)s1)C1CC1. The number of nitrogens with zero attached hydrogens (tertiary/aromatic N) is 3. The molecule has 132 valence electrons. The summed E-state index contributed by atoms with van der Waals surface area (Å²) in [6.45, 7) is 3.85. The van der Waals surface area contributed by atoms with Crippen molar-refractivity contribution in [2.24, 2.45) is 0 Å². The van der Waals surface area contributed by atoms with E-state index in [1.807, 2.05) is 38.1 Å². The Morgan fingerprint density at radius 3 is 2.64 bits per heavy atom. The summed E-state index contributed by atoms with van der Waals surface area (Å²) in [5.74, 6) is 0.245. The Kier molecular flexibility index (Phi) is 5.70. The van der Waals surface area contributed by atoms with Crippen LogP contribution in [0.4, 0.5) is 10.8 Å². The minimum absolute atomic E-state index is 0.0762. The highest BCUT2D eigenvalue weighted by Crippen LogP contribution is 2.36. The largest absolute Gasteiger partial charge is 0.325 e. The molecule has 0 bridgehead atoms. The summed E-state index contributed by atoms with van der Waals surface area (Å²) in [4.78, 5) is 25.9. The lowest BCUT2D eigenvalue weighted by atomic mass is 10.2. The molecule has 1 aliphatic carbocycles. The number of nitrogens with one attached hydrogen (secondary N) is 1.